The van der Waals surface area contributed by atoms with Gasteiger partial charge in [-0.2, -0.15) is 0 Å². The molecule has 1 N–H and O–H groups in total. The molecule has 4 rings (SSSR count). The van der Waals surface area contributed by atoms with Crippen molar-refractivity contribution in [2.75, 3.05) is 6.54 Å². The van der Waals surface area contributed by atoms with Gasteiger partial charge in [0.25, 0.3) is 5.56 Å². The summed E-state index contributed by atoms with van der Waals surface area (Å²) in [6.45, 7) is 7.03. The third-order valence-corrected chi connectivity index (χ3v) is 5.51. The summed E-state index contributed by atoms with van der Waals surface area (Å²) < 4.78 is 5.10. The molecule has 2 heterocycles. The normalized spacial score (nSPS) is 11.7. The van der Waals surface area contributed by atoms with Crippen molar-refractivity contribution in [2.45, 2.75) is 33.6 Å². The number of aromatic nitrogens is 4. The molecule has 0 spiro atoms. The average molecular weight is 394 g/mol. The highest BCUT2D eigenvalue weighted by Gasteiger charge is 2.13. The van der Waals surface area contributed by atoms with E-state index in [0.717, 1.165) is 34.4 Å². The number of benzene rings is 2. The van der Waals surface area contributed by atoms with Crippen LogP contribution in [0.25, 0.3) is 21.9 Å². The molecule has 0 aliphatic carbocycles. The van der Waals surface area contributed by atoms with E-state index in [1.54, 1.807) is 6.07 Å². The molecule has 0 saturated carbocycles. The number of fused-ring (bicyclic) bond motifs is 2. The summed E-state index contributed by atoms with van der Waals surface area (Å²) >= 11 is 5.73. The van der Waals surface area contributed by atoms with Crippen molar-refractivity contribution >= 4 is 34.2 Å². The lowest BCUT2D eigenvalue weighted by molar-refractivity contribution is 0.217. The Balaban J connectivity index is 1.68. The zero-order valence-corrected chi connectivity index (χ0v) is 16.9. The van der Waals surface area contributed by atoms with Crippen molar-refractivity contribution < 1.29 is 0 Å². The predicted octanol–water partition coefficient (Wildman–Crippen LogP) is 3.91. The summed E-state index contributed by atoms with van der Waals surface area (Å²) in [6.07, 6.45) is 0. The van der Waals surface area contributed by atoms with E-state index in [9.17, 15) is 4.79 Å². The largest absolute Gasteiger partial charge is 0.317 e. The number of hydrogen-bond acceptors (Lipinski definition) is 4. The SMILES string of the molecule is CCN(Cc1nc2ccccc2c(=O)[nH]1)Cn1c(=S)n(CC)c2ccccc21. The summed E-state index contributed by atoms with van der Waals surface area (Å²) in [4.78, 5) is 22.1. The molecule has 28 heavy (non-hydrogen) atoms. The maximum absolute atomic E-state index is 12.4. The lowest BCUT2D eigenvalue weighted by Gasteiger charge is -2.21. The Morgan fingerprint density at radius 1 is 1.04 bits per heavy atom. The topological polar surface area (TPSA) is 58.9 Å². The average Bonchev–Trinajstić information content (AvgIpc) is 2.98. The smallest absolute Gasteiger partial charge is 0.258 e. The zero-order chi connectivity index (χ0) is 19.7. The number of imidazole rings is 1. The van der Waals surface area contributed by atoms with Crippen molar-refractivity contribution in [3.05, 3.63) is 69.5 Å². The molecular weight excluding hydrogens is 370 g/mol. The van der Waals surface area contributed by atoms with Gasteiger partial charge in [0.05, 0.1) is 35.1 Å². The number of hydrogen-bond donors (Lipinski definition) is 1. The fraction of sp³-hybridized carbons (Fsp3) is 0.286. The van der Waals surface area contributed by atoms with E-state index < -0.39 is 0 Å². The van der Waals surface area contributed by atoms with Gasteiger partial charge >= 0.3 is 0 Å². The Morgan fingerprint density at radius 2 is 1.71 bits per heavy atom. The minimum atomic E-state index is -0.101. The summed E-state index contributed by atoms with van der Waals surface area (Å²) in [6, 6.07) is 15.7. The first-order chi connectivity index (χ1) is 13.6. The van der Waals surface area contributed by atoms with Gasteiger partial charge in [-0.15, -0.1) is 0 Å². The number of aryl methyl sites for hydroxylation is 1. The lowest BCUT2D eigenvalue weighted by Crippen LogP contribution is -2.28. The Labute approximate surface area is 168 Å². The molecule has 0 unspecified atom stereocenters. The number of rotatable bonds is 6. The van der Waals surface area contributed by atoms with Crippen LogP contribution < -0.4 is 5.56 Å². The van der Waals surface area contributed by atoms with Gasteiger partial charge in [-0.25, -0.2) is 4.98 Å². The van der Waals surface area contributed by atoms with Crippen LogP contribution in [0.15, 0.2) is 53.3 Å². The highest BCUT2D eigenvalue weighted by atomic mass is 32.1. The van der Waals surface area contributed by atoms with E-state index in [-0.39, 0.29) is 5.56 Å². The van der Waals surface area contributed by atoms with Gasteiger partial charge in [0.2, 0.25) is 0 Å². The summed E-state index contributed by atoms with van der Waals surface area (Å²) in [7, 11) is 0. The maximum atomic E-state index is 12.4. The quantitative estimate of drug-likeness (QED) is 0.505. The van der Waals surface area contributed by atoms with Gasteiger partial charge in [-0.1, -0.05) is 31.2 Å². The summed E-state index contributed by atoms with van der Waals surface area (Å²) in [5, 5.41) is 0.613. The Hall–Kier alpha value is -2.77. The van der Waals surface area contributed by atoms with E-state index in [1.165, 1.54) is 0 Å². The molecule has 0 amide bonds. The first kappa shape index (κ1) is 18.6. The minimum Gasteiger partial charge on any atom is -0.317 e. The van der Waals surface area contributed by atoms with Gasteiger partial charge in [-0.3, -0.25) is 9.69 Å². The van der Waals surface area contributed by atoms with Crippen LogP contribution in [0.4, 0.5) is 0 Å². The van der Waals surface area contributed by atoms with E-state index in [1.807, 2.05) is 30.3 Å². The van der Waals surface area contributed by atoms with Crippen LogP contribution in [0, 0.1) is 4.77 Å². The third-order valence-electron chi connectivity index (χ3n) is 5.07. The minimum absolute atomic E-state index is 0.101. The highest BCUT2D eigenvalue weighted by Crippen LogP contribution is 2.19. The van der Waals surface area contributed by atoms with E-state index in [2.05, 4.69) is 50.0 Å². The molecular formula is C21H23N5OS. The lowest BCUT2D eigenvalue weighted by atomic mass is 10.2. The molecule has 0 fully saturated rings. The first-order valence-electron chi connectivity index (χ1n) is 9.50. The highest BCUT2D eigenvalue weighted by molar-refractivity contribution is 7.71. The fourth-order valence-corrected chi connectivity index (χ4v) is 3.98. The Morgan fingerprint density at radius 3 is 2.43 bits per heavy atom. The van der Waals surface area contributed by atoms with Crippen molar-refractivity contribution in [3.63, 3.8) is 0 Å². The molecule has 0 aliphatic heterocycles. The van der Waals surface area contributed by atoms with Crippen LogP contribution in [0.2, 0.25) is 0 Å². The fourth-order valence-electron chi connectivity index (χ4n) is 3.60. The molecule has 144 valence electrons. The molecule has 0 saturated heterocycles. The van der Waals surface area contributed by atoms with E-state index >= 15 is 0 Å². The molecule has 2 aromatic carbocycles. The monoisotopic (exact) mass is 393 g/mol. The van der Waals surface area contributed by atoms with Crippen LogP contribution in [-0.4, -0.2) is 30.5 Å². The van der Waals surface area contributed by atoms with Crippen LogP contribution in [0.5, 0.6) is 0 Å². The molecule has 6 nitrogen and oxygen atoms in total. The maximum Gasteiger partial charge on any atom is 0.258 e. The second-order valence-electron chi connectivity index (χ2n) is 6.76. The van der Waals surface area contributed by atoms with Crippen LogP contribution in [0.1, 0.15) is 19.7 Å². The van der Waals surface area contributed by atoms with Crippen molar-refractivity contribution in [2.24, 2.45) is 0 Å². The van der Waals surface area contributed by atoms with Gasteiger partial charge in [0.1, 0.15) is 5.82 Å². The standard InChI is InChI=1S/C21H23N5OS/c1-3-24(13-19-22-16-10-6-5-9-15(16)20(27)23-19)14-26-18-12-8-7-11-17(18)25(4-2)21(26)28/h5-12H,3-4,13-14H2,1-2H3,(H,22,23,27). The number of aromatic amines is 1. The van der Waals surface area contributed by atoms with Gasteiger partial charge < -0.3 is 14.1 Å². The Kier molecular flexibility index (Phi) is 5.11. The molecule has 0 atom stereocenters. The molecule has 0 aliphatic rings. The number of H-pyrrole nitrogens is 1. The van der Waals surface area contributed by atoms with Crippen molar-refractivity contribution in [3.8, 4) is 0 Å². The molecule has 2 aromatic heterocycles. The second-order valence-corrected chi connectivity index (χ2v) is 7.13. The van der Waals surface area contributed by atoms with Crippen LogP contribution in [-0.2, 0) is 19.8 Å². The zero-order valence-electron chi connectivity index (χ0n) is 16.1. The van der Waals surface area contributed by atoms with Crippen molar-refractivity contribution in [1.82, 2.24) is 24.0 Å². The molecule has 7 heteroatoms. The van der Waals surface area contributed by atoms with E-state index in [0.29, 0.717) is 24.4 Å². The van der Waals surface area contributed by atoms with Gasteiger partial charge in [-0.05, 0) is 50.0 Å². The summed E-state index contributed by atoms with van der Waals surface area (Å²) in [5.74, 6) is 0.663. The third kappa shape index (κ3) is 3.27. The summed E-state index contributed by atoms with van der Waals surface area (Å²) in [5.41, 5.74) is 2.88. The molecule has 4 aromatic rings. The molecule has 0 radical (unpaired) electrons. The second kappa shape index (κ2) is 7.69. The van der Waals surface area contributed by atoms with Crippen molar-refractivity contribution in [1.29, 1.82) is 0 Å². The van der Waals surface area contributed by atoms with Crippen LogP contribution in [0.3, 0.4) is 0 Å². The van der Waals surface area contributed by atoms with Crippen LogP contribution >= 0.6 is 12.2 Å². The first-order valence-corrected chi connectivity index (χ1v) is 9.91. The number of nitrogens with zero attached hydrogens (tertiary/aromatic N) is 4. The molecule has 0 bridgehead atoms. The number of nitrogens with one attached hydrogen (secondary N) is 1. The predicted molar refractivity (Wildman–Crippen MR) is 115 cm³/mol. The van der Waals surface area contributed by atoms with E-state index in [4.69, 9.17) is 12.2 Å². The number of para-hydroxylation sites is 3. The van der Waals surface area contributed by atoms with Gasteiger partial charge in [0, 0.05) is 6.54 Å². The van der Waals surface area contributed by atoms with Gasteiger partial charge in [0.15, 0.2) is 4.77 Å². The Bertz CT molecular complexity index is 1250.